The Labute approximate surface area is 207 Å². The number of guanidine groups is 1. The molecule has 2 aliphatic rings. The van der Waals surface area contributed by atoms with Crippen LogP contribution in [0.3, 0.4) is 0 Å². The Morgan fingerprint density at radius 3 is 2.63 bits per heavy atom. The van der Waals surface area contributed by atoms with E-state index in [9.17, 15) is 15.3 Å². The van der Waals surface area contributed by atoms with Crippen molar-refractivity contribution in [1.82, 2.24) is 20.6 Å². The van der Waals surface area contributed by atoms with E-state index in [0.29, 0.717) is 24.7 Å². The number of anilines is 2. The van der Waals surface area contributed by atoms with E-state index in [1.807, 2.05) is 49.3 Å². The van der Waals surface area contributed by atoms with E-state index in [1.165, 1.54) is 0 Å². The minimum atomic E-state index is -1.00. The van der Waals surface area contributed by atoms with Gasteiger partial charge in [0.25, 0.3) is 0 Å². The number of aliphatic hydroxyl groups excluding tert-OH is 3. The fourth-order valence-corrected chi connectivity index (χ4v) is 5.34. The van der Waals surface area contributed by atoms with Crippen LogP contribution in [0.5, 0.6) is 0 Å². The van der Waals surface area contributed by atoms with Crippen molar-refractivity contribution in [2.24, 2.45) is 10.9 Å². The molecule has 0 spiro atoms. The summed E-state index contributed by atoms with van der Waals surface area (Å²) in [6, 6.07) is 9.50. The molecule has 0 bridgehead atoms. The fraction of sp³-hybridized carbons (Fsp3) is 0.375. The number of rotatable bonds is 6. The number of nitrogens with one attached hydrogen (secondary N) is 3. The average molecular weight is 496 g/mol. The summed E-state index contributed by atoms with van der Waals surface area (Å²) in [5.74, 6) is 0.836. The van der Waals surface area contributed by atoms with Gasteiger partial charge in [-0.3, -0.25) is 4.98 Å². The Kier molecular flexibility index (Phi) is 6.56. The normalized spacial score (nSPS) is 24.3. The monoisotopic (exact) mass is 495 g/mol. The van der Waals surface area contributed by atoms with Crippen molar-refractivity contribution in [2.75, 3.05) is 37.5 Å². The molecule has 0 unspecified atom stereocenters. The smallest absolute Gasteiger partial charge is 0.201 e. The lowest BCUT2D eigenvalue weighted by molar-refractivity contribution is 0.000577. The summed E-state index contributed by atoms with van der Waals surface area (Å²) in [6.45, 7) is 0.188. The third-order valence-electron chi connectivity index (χ3n) is 6.40. The van der Waals surface area contributed by atoms with E-state index in [0.717, 1.165) is 32.2 Å². The highest BCUT2D eigenvalue weighted by Crippen LogP contribution is 2.31. The maximum absolute atomic E-state index is 10.6. The molecule has 2 aromatic heterocycles. The van der Waals surface area contributed by atoms with Crippen molar-refractivity contribution < 1.29 is 15.3 Å². The number of fused-ring (bicyclic) bond motifs is 1. The molecule has 1 aliphatic carbocycles. The van der Waals surface area contributed by atoms with Gasteiger partial charge in [-0.2, -0.15) is 0 Å². The average Bonchev–Trinajstić information content (AvgIpc) is 3.41. The van der Waals surface area contributed by atoms with Gasteiger partial charge in [0.2, 0.25) is 5.96 Å². The van der Waals surface area contributed by atoms with Crippen LogP contribution in [0.15, 0.2) is 53.5 Å². The standard InChI is InChI=1S/C24H29N7O3S/c1-31(2)15-5-3-14(4-6-15)27-24-26-10-16(23-29-18-11-25-8-7-19(18)35-23)22(30-24)28-17-9-13(12-32)20(33)21(17)34/h3-8,11,13,17,20-21,28,32-34H,9-10,12H2,1-2H3,(H2,26,27,30)/t13-,17-,20-,21+/m1/s1. The van der Waals surface area contributed by atoms with Crippen molar-refractivity contribution >= 4 is 44.5 Å². The lowest BCUT2D eigenvalue weighted by Gasteiger charge is -2.27. The Balaban J connectivity index is 1.42. The first-order chi connectivity index (χ1) is 16.9. The van der Waals surface area contributed by atoms with Crippen LogP contribution in [-0.2, 0) is 0 Å². The van der Waals surface area contributed by atoms with Crippen molar-refractivity contribution in [3.63, 3.8) is 0 Å². The van der Waals surface area contributed by atoms with Crippen molar-refractivity contribution in [2.45, 2.75) is 24.7 Å². The lowest BCUT2D eigenvalue weighted by atomic mass is 10.1. The third kappa shape index (κ3) is 4.80. The van der Waals surface area contributed by atoms with Crippen LogP contribution in [0, 0.1) is 5.92 Å². The van der Waals surface area contributed by atoms with E-state index < -0.39 is 18.2 Å². The summed E-state index contributed by atoms with van der Waals surface area (Å²) in [5.41, 5.74) is 3.64. The molecule has 0 amide bonds. The second-order valence-corrected chi connectivity index (χ2v) is 10.0. The third-order valence-corrected chi connectivity index (χ3v) is 7.50. The Morgan fingerprint density at radius 1 is 1.14 bits per heavy atom. The molecule has 10 nitrogen and oxygen atoms in total. The van der Waals surface area contributed by atoms with Gasteiger partial charge in [-0.15, -0.1) is 11.3 Å². The van der Waals surface area contributed by atoms with Gasteiger partial charge < -0.3 is 36.2 Å². The minimum Gasteiger partial charge on any atom is -0.396 e. The molecule has 35 heavy (non-hydrogen) atoms. The zero-order valence-corrected chi connectivity index (χ0v) is 20.3. The van der Waals surface area contributed by atoms with Gasteiger partial charge in [-0.05, 0) is 36.8 Å². The van der Waals surface area contributed by atoms with Gasteiger partial charge in [0.15, 0.2) is 0 Å². The number of benzene rings is 1. The van der Waals surface area contributed by atoms with Gasteiger partial charge in [-0.25, -0.2) is 9.98 Å². The summed E-state index contributed by atoms with van der Waals surface area (Å²) in [5, 5.41) is 41.3. The van der Waals surface area contributed by atoms with Crippen molar-refractivity contribution in [3.8, 4) is 0 Å². The fourth-order valence-electron chi connectivity index (χ4n) is 4.36. The second kappa shape index (κ2) is 9.78. The quantitative estimate of drug-likeness (QED) is 0.298. The summed E-state index contributed by atoms with van der Waals surface area (Å²) in [4.78, 5) is 15.6. The number of hydrogen-bond acceptors (Lipinski definition) is 11. The molecule has 3 heterocycles. The van der Waals surface area contributed by atoms with Gasteiger partial charge in [0, 0.05) is 44.2 Å². The van der Waals surface area contributed by atoms with Crippen LogP contribution >= 0.6 is 11.3 Å². The Morgan fingerprint density at radius 2 is 1.94 bits per heavy atom. The first-order valence-electron chi connectivity index (χ1n) is 11.5. The predicted molar refractivity (Wildman–Crippen MR) is 138 cm³/mol. The molecule has 3 aromatic rings. The number of nitrogens with zero attached hydrogens (tertiary/aromatic N) is 4. The maximum atomic E-state index is 10.6. The molecular weight excluding hydrogens is 466 g/mol. The van der Waals surface area contributed by atoms with Gasteiger partial charge in [-0.1, -0.05) is 0 Å². The van der Waals surface area contributed by atoms with Crippen LogP contribution < -0.4 is 20.9 Å². The molecule has 11 heteroatoms. The van der Waals surface area contributed by atoms with E-state index in [-0.39, 0.29) is 12.5 Å². The molecule has 1 aromatic carbocycles. The Hall–Kier alpha value is -3.25. The van der Waals surface area contributed by atoms with E-state index in [1.54, 1.807) is 23.7 Å². The number of thiazole rings is 1. The second-order valence-electron chi connectivity index (χ2n) is 8.98. The molecule has 6 N–H and O–H groups in total. The van der Waals surface area contributed by atoms with Crippen LogP contribution in [0.1, 0.15) is 11.4 Å². The lowest BCUT2D eigenvalue weighted by Crippen LogP contribution is -2.47. The van der Waals surface area contributed by atoms with Crippen LogP contribution in [0.2, 0.25) is 0 Å². The predicted octanol–water partition coefficient (Wildman–Crippen LogP) is 1.19. The number of aliphatic imine (C=N–C) groups is 1. The molecule has 0 saturated heterocycles. The van der Waals surface area contributed by atoms with E-state index in [4.69, 9.17) is 4.98 Å². The van der Waals surface area contributed by atoms with Crippen LogP contribution in [0.4, 0.5) is 11.4 Å². The molecule has 5 rings (SSSR count). The number of pyridine rings is 1. The molecule has 1 aliphatic heterocycles. The molecule has 0 radical (unpaired) electrons. The molecular formula is C24H29N7O3S. The summed E-state index contributed by atoms with van der Waals surface area (Å²) < 4.78 is 1.02. The molecule has 1 fully saturated rings. The zero-order valence-electron chi connectivity index (χ0n) is 19.5. The van der Waals surface area contributed by atoms with Gasteiger partial charge in [0.1, 0.15) is 22.4 Å². The first kappa shape index (κ1) is 23.5. The maximum Gasteiger partial charge on any atom is 0.201 e. The van der Waals surface area contributed by atoms with Crippen LogP contribution in [-0.4, -0.2) is 76.7 Å². The number of hydrogen-bond donors (Lipinski definition) is 6. The first-order valence-corrected chi connectivity index (χ1v) is 12.3. The SMILES string of the molecule is CN(C)c1ccc(NC2=NCC(c3nc4cnccc4s3)=C(N[C@@H]3C[C@H](CO)[C@@H](O)[C@H]3O)N2)cc1. The highest BCUT2D eigenvalue weighted by Gasteiger charge is 2.41. The number of aliphatic hydroxyl groups is 3. The van der Waals surface area contributed by atoms with Crippen molar-refractivity contribution in [1.29, 1.82) is 0 Å². The summed E-state index contributed by atoms with van der Waals surface area (Å²) in [6.07, 6.45) is 1.92. The molecule has 4 atom stereocenters. The minimum absolute atomic E-state index is 0.183. The van der Waals surface area contributed by atoms with Gasteiger partial charge >= 0.3 is 0 Å². The summed E-state index contributed by atoms with van der Waals surface area (Å²) in [7, 11) is 3.99. The largest absolute Gasteiger partial charge is 0.396 e. The number of aromatic nitrogens is 2. The zero-order chi connectivity index (χ0) is 24.5. The van der Waals surface area contributed by atoms with E-state index >= 15 is 0 Å². The molecule has 184 valence electrons. The van der Waals surface area contributed by atoms with E-state index in [2.05, 4.69) is 25.9 Å². The highest BCUT2D eigenvalue weighted by atomic mass is 32.1. The Bertz CT molecular complexity index is 1220. The van der Waals surface area contributed by atoms with Crippen LogP contribution in [0.25, 0.3) is 15.8 Å². The van der Waals surface area contributed by atoms with Gasteiger partial charge in [0.05, 0.1) is 35.2 Å². The van der Waals surface area contributed by atoms with Crippen molar-refractivity contribution in [3.05, 3.63) is 53.6 Å². The summed E-state index contributed by atoms with van der Waals surface area (Å²) >= 11 is 1.55. The topological polar surface area (TPSA) is 138 Å². The highest BCUT2D eigenvalue weighted by molar-refractivity contribution is 7.19. The molecule has 1 saturated carbocycles.